The number of aryl methyl sites for hydroxylation is 2. The number of aromatic nitrogens is 4. The third kappa shape index (κ3) is 5.18. The van der Waals surface area contributed by atoms with E-state index < -0.39 is 0 Å². The summed E-state index contributed by atoms with van der Waals surface area (Å²) in [5.74, 6) is -0.0997. The first-order valence-electron chi connectivity index (χ1n) is 9.86. The monoisotopic (exact) mass is 425 g/mol. The standard InChI is InChI=1S/C22H27N5O2S/c1-14-18(21(29)25-22(24-14)30-4)10-11-20(28)23-12-19-15(2)26-27(16(19)3)13-17-8-6-5-7-9-17/h5-9H,10-13H2,1-4H3,(H,23,28)(H,24,25,29). The molecule has 0 saturated heterocycles. The number of hydrogen-bond donors (Lipinski definition) is 2. The number of hydrogen-bond acceptors (Lipinski definition) is 5. The van der Waals surface area contributed by atoms with E-state index in [4.69, 9.17) is 0 Å². The molecule has 3 rings (SSSR count). The van der Waals surface area contributed by atoms with Crippen LogP contribution in [-0.2, 0) is 24.3 Å². The first-order chi connectivity index (χ1) is 14.4. The maximum Gasteiger partial charge on any atom is 0.254 e. The number of carbonyl (C=O) groups excluding carboxylic acids is 1. The quantitative estimate of drug-likeness (QED) is 0.428. The highest BCUT2D eigenvalue weighted by molar-refractivity contribution is 7.98. The van der Waals surface area contributed by atoms with Crippen molar-refractivity contribution in [2.45, 2.75) is 51.9 Å². The minimum Gasteiger partial charge on any atom is -0.352 e. The molecule has 7 nitrogen and oxygen atoms in total. The molecule has 0 atom stereocenters. The van der Waals surface area contributed by atoms with Crippen LogP contribution in [0.4, 0.5) is 0 Å². The highest BCUT2D eigenvalue weighted by Crippen LogP contribution is 2.15. The van der Waals surface area contributed by atoms with Gasteiger partial charge >= 0.3 is 0 Å². The number of benzene rings is 1. The molecule has 30 heavy (non-hydrogen) atoms. The van der Waals surface area contributed by atoms with Crippen LogP contribution in [0.5, 0.6) is 0 Å². The zero-order valence-electron chi connectivity index (χ0n) is 17.8. The van der Waals surface area contributed by atoms with Gasteiger partial charge < -0.3 is 10.3 Å². The van der Waals surface area contributed by atoms with Crippen LogP contribution in [-0.4, -0.2) is 31.9 Å². The van der Waals surface area contributed by atoms with Gasteiger partial charge in [0, 0.05) is 35.5 Å². The first kappa shape index (κ1) is 21.8. The van der Waals surface area contributed by atoms with E-state index in [0.717, 1.165) is 17.0 Å². The summed E-state index contributed by atoms with van der Waals surface area (Å²) in [6.07, 6.45) is 2.46. The van der Waals surface area contributed by atoms with E-state index >= 15 is 0 Å². The molecule has 8 heteroatoms. The molecular formula is C22H27N5O2S. The molecule has 158 valence electrons. The Balaban J connectivity index is 1.59. The Bertz CT molecular complexity index is 1090. The van der Waals surface area contributed by atoms with Crippen LogP contribution >= 0.6 is 11.8 Å². The summed E-state index contributed by atoms with van der Waals surface area (Å²) in [7, 11) is 0. The molecule has 0 unspecified atom stereocenters. The predicted molar refractivity (Wildman–Crippen MR) is 119 cm³/mol. The molecule has 2 heterocycles. The van der Waals surface area contributed by atoms with Crippen molar-refractivity contribution in [3.8, 4) is 0 Å². The lowest BCUT2D eigenvalue weighted by molar-refractivity contribution is -0.121. The Labute approximate surface area is 180 Å². The topological polar surface area (TPSA) is 92.7 Å². The Morgan fingerprint density at radius 2 is 1.87 bits per heavy atom. The van der Waals surface area contributed by atoms with E-state index in [0.29, 0.717) is 35.9 Å². The largest absolute Gasteiger partial charge is 0.352 e. The van der Waals surface area contributed by atoms with Crippen molar-refractivity contribution in [1.82, 2.24) is 25.1 Å². The number of H-pyrrole nitrogens is 1. The smallest absolute Gasteiger partial charge is 0.254 e. The summed E-state index contributed by atoms with van der Waals surface area (Å²) >= 11 is 1.39. The van der Waals surface area contributed by atoms with E-state index in [2.05, 4.69) is 32.5 Å². The predicted octanol–water partition coefficient (Wildman–Crippen LogP) is 2.91. The molecule has 0 aliphatic rings. The van der Waals surface area contributed by atoms with Gasteiger partial charge in [-0.25, -0.2) is 4.98 Å². The van der Waals surface area contributed by atoms with Gasteiger partial charge in [0.2, 0.25) is 5.91 Å². The van der Waals surface area contributed by atoms with Crippen LogP contribution < -0.4 is 10.9 Å². The van der Waals surface area contributed by atoms with E-state index in [1.807, 2.05) is 43.0 Å². The van der Waals surface area contributed by atoms with Crippen LogP contribution in [0.2, 0.25) is 0 Å². The summed E-state index contributed by atoms with van der Waals surface area (Å²) in [4.78, 5) is 31.7. The fraction of sp³-hybridized carbons (Fsp3) is 0.364. The van der Waals surface area contributed by atoms with Crippen molar-refractivity contribution in [1.29, 1.82) is 0 Å². The molecule has 0 saturated carbocycles. The van der Waals surface area contributed by atoms with Gasteiger partial charge in [-0.15, -0.1) is 0 Å². The lowest BCUT2D eigenvalue weighted by Gasteiger charge is -2.08. The molecule has 0 fully saturated rings. The molecule has 2 N–H and O–H groups in total. The number of amides is 1. The third-order valence-corrected chi connectivity index (χ3v) is 5.74. The van der Waals surface area contributed by atoms with Gasteiger partial charge in [-0.2, -0.15) is 5.10 Å². The third-order valence-electron chi connectivity index (χ3n) is 5.16. The number of aromatic amines is 1. The van der Waals surface area contributed by atoms with Gasteiger partial charge in [0.1, 0.15) is 0 Å². The fourth-order valence-corrected chi connectivity index (χ4v) is 3.81. The second kappa shape index (κ2) is 9.75. The van der Waals surface area contributed by atoms with Gasteiger partial charge in [-0.3, -0.25) is 14.3 Å². The molecule has 0 radical (unpaired) electrons. The minimum atomic E-state index is -0.173. The van der Waals surface area contributed by atoms with Crippen molar-refractivity contribution in [3.63, 3.8) is 0 Å². The highest BCUT2D eigenvalue weighted by atomic mass is 32.2. The maximum absolute atomic E-state index is 12.4. The molecular weight excluding hydrogens is 398 g/mol. The summed E-state index contributed by atoms with van der Waals surface area (Å²) in [6, 6.07) is 10.2. The van der Waals surface area contributed by atoms with Crippen molar-refractivity contribution in [3.05, 3.63) is 74.5 Å². The number of thioether (sulfide) groups is 1. The molecule has 1 aromatic carbocycles. The summed E-state index contributed by atoms with van der Waals surface area (Å²) in [5.41, 5.74) is 5.22. The molecule has 0 spiro atoms. The highest BCUT2D eigenvalue weighted by Gasteiger charge is 2.14. The molecule has 0 bridgehead atoms. The zero-order chi connectivity index (χ0) is 21.7. The SMILES string of the molecule is CSc1nc(C)c(CCC(=O)NCc2c(C)nn(Cc3ccccc3)c2C)c(=O)[nH]1. The maximum atomic E-state index is 12.4. The number of carbonyl (C=O) groups is 1. The van der Waals surface area contributed by atoms with Crippen molar-refractivity contribution in [2.75, 3.05) is 6.26 Å². The van der Waals surface area contributed by atoms with Crippen LogP contribution in [0.3, 0.4) is 0 Å². The van der Waals surface area contributed by atoms with Gasteiger partial charge in [-0.1, -0.05) is 42.1 Å². The van der Waals surface area contributed by atoms with Crippen LogP contribution in [0.25, 0.3) is 0 Å². The van der Waals surface area contributed by atoms with Crippen molar-refractivity contribution in [2.24, 2.45) is 0 Å². The molecule has 0 aliphatic carbocycles. The van der Waals surface area contributed by atoms with Crippen LogP contribution in [0.15, 0.2) is 40.3 Å². The van der Waals surface area contributed by atoms with E-state index in [1.165, 1.54) is 17.3 Å². The van der Waals surface area contributed by atoms with Crippen molar-refractivity contribution >= 4 is 17.7 Å². The van der Waals surface area contributed by atoms with Gasteiger partial charge in [0.25, 0.3) is 5.56 Å². The molecule has 3 aromatic rings. The average Bonchev–Trinajstić information content (AvgIpc) is 2.99. The normalized spacial score (nSPS) is 10.9. The summed E-state index contributed by atoms with van der Waals surface area (Å²) < 4.78 is 1.97. The lowest BCUT2D eigenvalue weighted by atomic mass is 10.1. The van der Waals surface area contributed by atoms with E-state index in [-0.39, 0.29) is 17.9 Å². The first-order valence-corrected chi connectivity index (χ1v) is 11.1. The number of rotatable bonds is 8. The Kier molecular flexibility index (Phi) is 7.10. The van der Waals surface area contributed by atoms with Crippen molar-refractivity contribution < 1.29 is 4.79 Å². The average molecular weight is 426 g/mol. The lowest BCUT2D eigenvalue weighted by Crippen LogP contribution is -2.25. The van der Waals surface area contributed by atoms with E-state index in [9.17, 15) is 9.59 Å². The summed E-state index contributed by atoms with van der Waals surface area (Å²) in [5, 5.41) is 8.17. The number of nitrogens with one attached hydrogen (secondary N) is 2. The molecule has 1 amide bonds. The number of nitrogens with zero attached hydrogens (tertiary/aromatic N) is 3. The second-order valence-electron chi connectivity index (χ2n) is 7.21. The van der Waals surface area contributed by atoms with Crippen LogP contribution in [0.1, 0.15) is 40.2 Å². The van der Waals surface area contributed by atoms with Gasteiger partial charge in [0.05, 0.1) is 12.2 Å². The molecule has 0 aliphatic heterocycles. The van der Waals surface area contributed by atoms with Gasteiger partial charge in [0.15, 0.2) is 5.16 Å². The Morgan fingerprint density at radius 1 is 1.13 bits per heavy atom. The van der Waals surface area contributed by atoms with E-state index in [1.54, 1.807) is 6.92 Å². The minimum absolute atomic E-state index is 0.0997. The fourth-order valence-electron chi connectivity index (χ4n) is 3.39. The van der Waals surface area contributed by atoms with Gasteiger partial charge in [-0.05, 0) is 39.0 Å². The summed E-state index contributed by atoms with van der Waals surface area (Å²) in [6.45, 7) is 6.90. The van der Waals surface area contributed by atoms with Crippen LogP contribution in [0, 0.1) is 20.8 Å². The Hall–Kier alpha value is -2.87. The Morgan fingerprint density at radius 3 is 2.53 bits per heavy atom. The zero-order valence-corrected chi connectivity index (χ0v) is 18.6. The second-order valence-corrected chi connectivity index (χ2v) is 8.00. The molecule has 2 aromatic heterocycles.